The van der Waals surface area contributed by atoms with Crippen molar-refractivity contribution in [2.24, 2.45) is 0 Å². The Balaban J connectivity index is 3.95. The summed E-state index contributed by atoms with van der Waals surface area (Å²) in [6.07, 6.45) is 44.6. The fourth-order valence-electron chi connectivity index (χ4n) is 5.83. The van der Waals surface area contributed by atoms with E-state index >= 15 is 0 Å². The summed E-state index contributed by atoms with van der Waals surface area (Å²) < 4.78 is 53.0. The summed E-state index contributed by atoms with van der Waals surface area (Å²) in [6, 6.07) is 0. The zero-order valence-corrected chi connectivity index (χ0v) is 41.9. The van der Waals surface area contributed by atoms with Crippen LogP contribution in [0.25, 0.3) is 0 Å². The molecule has 0 bridgehead atoms. The number of aliphatic hydroxyl groups excluding tert-OH is 3. The van der Waals surface area contributed by atoms with Gasteiger partial charge in [-0.25, -0.2) is 9.13 Å². The van der Waals surface area contributed by atoms with Crippen LogP contribution in [0.3, 0.4) is 0 Å². The van der Waals surface area contributed by atoms with E-state index in [-0.39, 0.29) is 12.8 Å². The van der Waals surface area contributed by atoms with E-state index in [9.17, 15) is 43.8 Å². The van der Waals surface area contributed by atoms with Crippen molar-refractivity contribution in [3.8, 4) is 0 Å². The van der Waals surface area contributed by atoms with Crippen molar-refractivity contribution in [3.63, 3.8) is 0 Å². The van der Waals surface area contributed by atoms with Crippen LogP contribution in [0.5, 0.6) is 0 Å². The molecule has 0 saturated carbocycles. The molecule has 5 N–H and O–H groups in total. The van der Waals surface area contributed by atoms with Crippen LogP contribution in [0.4, 0.5) is 0 Å². The van der Waals surface area contributed by atoms with Crippen molar-refractivity contribution in [1.82, 2.24) is 0 Å². The molecule has 0 radical (unpaired) electrons. The number of hydrogen-bond acceptors (Lipinski definition) is 13. The van der Waals surface area contributed by atoms with Crippen molar-refractivity contribution in [2.75, 3.05) is 39.6 Å². The van der Waals surface area contributed by atoms with Crippen molar-refractivity contribution in [1.29, 1.82) is 0 Å². The number of carbonyl (C=O) groups excluding carboxylic acids is 2. The molecule has 0 aromatic heterocycles. The summed E-state index contributed by atoms with van der Waals surface area (Å²) in [5.74, 6) is -1.04. The Labute approximate surface area is 396 Å². The maximum absolute atomic E-state index is 12.2. The van der Waals surface area contributed by atoms with Gasteiger partial charge < -0.3 is 34.6 Å². The lowest BCUT2D eigenvalue weighted by Gasteiger charge is -2.19. The quantitative estimate of drug-likeness (QED) is 0.0126. The molecule has 382 valence electrons. The normalized spacial score (nSPS) is 15.7. The van der Waals surface area contributed by atoms with Crippen molar-refractivity contribution in [3.05, 3.63) is 72.9 Å². The molecule has 5 atom stereocenters. The number of phosphoric ester groups is 2. The van der Waals surface area contributed by atoms with E-state index < -0.39 is 85.5 Å². The Morgan fingerprint density at radius 2 is 0.697 bits per heavy atom. The average molecular weight is 977 g/mol. The molecule has 0 rings (SSSR count). The van der Waals surface area contributed by atoms with Gasteiger partial charge in [0.15, 0.2) is 0 Å². The molecule has 17 heteroatoms. The van der Waals surface area contributed by atoms with Gasteiger partial charge in [0.25, 0.3) is 0 Å². The Morgan fingerprint density at radius 3 is 1.08 bits per heavy atom. The summed E-state index contributed by atoms with van der Waals surface area (Å²) in [7, 11) is -9.59. The molecule has 15 nitrogen and oxygen atoms in total. The third-order valence-corrected chi connectivity index (χ3v) is 11.6. The maximum atomic E-state index is 12.2. The van der Waals surface area contributed by atoms with Gasteiger partial charge in [-0.05, 0) is 83.5 Å². The zero-order valence-electron chi connectivity index (χ0n) is 40.1. The number of allylic oxidation sites excluding steroid dienone is 12. The molecule has 0 aromatic rings. The van der Waals surface area contributed by atoms with Crippen LogP contribution in [0.15, 0.2) is 72.9 Å². The molecule has 66 heavy (non-hydrogen) atoms. The van der Waals surface area contributed by atoms with Gasteiger partial charge >= 0.3 is 27.6 Å². The summed E-state index contributed by atoms with van der Waals surface area (Å²) >= 11 is 0. The standard InChI is InChI=1S/C49H86O15P2/c1-3-5-7-9-11-13-15-17-19-20-21-22-24-26-28-30-32-34-36-38-49(54)60-40-46(51)42-62-66(57,58)64-44-47(52)43-63-65(55,56)61-41-45(50)39-59-48(53)37-35-33-31-29-27-25-23-18-16-14-12-10-8-6-4-2/h11-14,16-19,21-22,26,28,45-47,50-52H,3-10,15,20,23-25,27,29-44H2,1-2H3,(H,55,56)(H,57,58)/b13-11-,14-12+,18-16+,19-17-,22-21-,28-26-. The lowest BCUT2D eigenvalue weighted by molar-refractivity contribution is -0.148. The minimum Gasteiger partial charge on any atom is -0.463 e. The number of unbranched alkanes of at least 4 members (excludes halogenated alkanes) is 15. The topological polar surface area (TPSA) is 225 Å². The minimum absolute atomic E-state index is 0.156. The monoisotopic (exact) mass is 977 g/mol. The van der Waals surface area contributed by atoms with E-state index in [4.69, 9.17) is 9.47 Å². The molecule has 0 spiro atoms. The van der Waals surface area contributed by atoms with Crippen LogP contribution in [0.1, 0.15) is 168 Å². The molecular weight excluding hydrogens is 890 g/mol. The number of rotatable bonds is 46. The highest BCUT2D eigenvalue weighted by molar-refractivity contribution is 7.47. The van der Waals surface area contributed by atoms with E-state index in [0.717, 1.165) is 89.9 Å². The maximum Gasteiger partial charge on any atom is 0.472 e. The largest absolute Gasteiger partial charge is 0.472 e. The molecular formula is C49H86O15P2. The van der Waals surface area contributed by atoms with Crippen molar-refractivity contribution < 1.29 is 71.4 Å². The van der Waals surface area contributed by atoms with Gasteiger partial charge in [0.2, 0.25) is 0 Å². The van der Waals surface area contributed by atoms with Gasteiger partial charge in [-0.3, -0.25) is 27.7 Å². The minimum atomic E-state index is -4.80. The predicted molar refractivity (Wildman–Crippen MR) is 260 cm³/mol. The lowest BCUT2D eigenvalue weighted by atomic mass is 10.1. The molecule has 0 aromatic carbocycles. The first kappa shape index (κ1) is 63.5. The first-order valence-electron chi connectivity index (χ1n) is 24.3. The number of hydrogen-bond donors (Lipinski definition) is 5. The third kappa shape index (κ3) is 46.6. The molecule has 0 amide bonds. The Kier molecular flexibility index (Phi) is 43.2. The van der Waals surface area contributed by atoms with E-state index in [1.807, 2.05) is 0 Å². The number of aliphatic hydroxyl groups is 3. The molecule has 0 heterocycles. The Hall–Kier alpha value is -2.52. The SMILES string of the molecule is CCCCC/C=C\C/C=C\C/C=C\C/C=C\CCCCCC(=O)OCC(O)COP(=O)(O)OCC(O)COP(=O)(O)OCC(O)COC(=O)CCCCCCCC/C=C/C=C/CCCCC. The highest BCUT2D eigenvalue weighted by Gasteiger charge is 2.28. The zero-order chi connectivity index (χ0) is 48.8. The van der Waals surface area contributed by atoms with Crippen LogP contribution in [0.2, 0.25) is 0 Å². The second kappa shape index (κ2) is 45.0. The predicted octanol–water partition coefficient (Wildman–Crippen LogP) is 11.2. The molecule has 0 aliphatic carbocycles. The van der Waals surface area contributed by atoms with Crippen LogP contribution >= 0.6 is 15.6 Å². The van der Waals surface area contributed by atoms with Crippen LogP contribution in [0, 0.1) is 0 Å². The van der Waals surface area contributed by atoms with Gasteiger partial charge in [0, 0.05) is 12.8 Å². The first-order valence-corrected chi connectivity index (χ1v) is 27.3. The van der Waals surface area contributed by atoms with Crippen molar-refractivity contribution in [2.45, 2.75) is 186 Å². The van der Waals surface area contributed by atoms with E-state index in [2.05, 4.69) is 105 Å². The van der Waals surface area contributed by atoms with Crippen LogP contribution < -0.4 is 0 Å². The van der Waals surface area contributed by atoms with Gasteiger partial charge in [-0.2, -0.15) is 0 Å². The van der Waals surface area contributed by atoms with Crippen LogP contribution in [-0.2, 0) is 46.3 Å². The highest BCUT2D eigenvalue weighted by Crippen LogP contribution is 2.45. The summed E-state index contributed by atoms with van der Waals surface area (Å²) in [4.78, 5) is 43.7. The highest BCUT2D eigenvalue weighted by atomic mass is 31.2. The Bertz CT molecular complexity index is 1460. The fourth-order valence-corrected chi connectivity index (χ4v) is 7.42. The molecule has 0 aliphatic rings. The summed E-state index contributed by atoms with van der Waals surface area (Å²) in [5, 5.41) is 30.0. The average Bonchev–Trinajstić information content (AvgIpc) is 3.29. The number of phosphoric acid groups is 2. The fraction of sp³-hybridized carbons (Fsp3) is 0.714. The number of carbonyl (C=O) groups is 2. The molecule has 5 unspecified atom stereocenters. The Morgan fingerprint density at radius 1 is 0.409 bits per heavy atom. The van der Waals surface area contributed by atoms with Gasteiger partial charge in [0.1, 0.15) is 31.5 Å². The van der Waals surface area contributed by atoms with Gasteiger partial charge in [0.05, 0.1) is 26.4 Å². The summed E-state index contributed by atoms with van der Waals surface area (Å²) in [5.41, 5.74) is 0. The molecule has 0 fully saturated rings. The second-order valence-electron chi connectivity index (χ2n) is 16.1. The second-order valence-corrected chi connectivity index (χ2v) is 19.1. The van der Waals surface area contributed by atoms with Gasteiger partial charge in [-0.15, -0.1) is 0 Å². The number of ether oxygens (including phenoxy) is 2. The van der Waals surface area contributed by atoms with E-state index in [1.165, 1.54) is 38.5 Å². The molecule has 0 aliphatic heterocycles. The third-order valence-electron chi connectivity index (χ3n) is 9.66. The van der Waals surface area contributed by atoms with E-state index in [0.29, 0.717) is 12.8 Å². The van der Waals surface area contributed by atoms with Crippen LogP contribution in [-0.4, -0.2) is 95.0 Å². The number of esters is 2. The molecule has 0 saturated heterocycles. The summed E-state index contributed by atoms with van der Waals surface area (Å²) in [6.45, 7) is 0.295. The van der Waals surface area contributed by atoms with E-state index in [1.54, 1.807) is 0 Å². The lowest BCUT2D eigenvalue weighted by Crippen LogP contribution is -2.25. The van der Waals surface area contributed by atoms with Crippen molar-refractivity contribution >= 4 is 27.6 Å². The van der Waals surface area contributed by atoms with Gasteiger partial charge in [-0.1, -0.05) is 145 Å². The first-order chi connectivity index (χ1) is 31.8. The smallest absolute Gasteiger partial charge is 0.463 e.